The number of amides is 2. The molecule has 5 nitrogen and oxygen atoms in total. The van der Waals surface area contributed by atoms with E-state index >= 15 is 0 Å². The van der Waals surface area contributed by atoms with Crippen LogP contribution in [-0.2, 0) is 4.79 Å². The molecule has 1 saturated heterocycles. The Balaban J connectivity index is 1.67. The van der Waals surface area contributed by atoms with Gasteiger partial charge in [-0.15, -0.1) is 0 Å². The summed E-state index contributed by atoms with van der Waals surface area (Å²) in [6.07, 6.45) is 1.71. The van der Waals surface area contributed by atoms with Gasteiger partial charge in [0.15, 0.2) is 0 Å². The van der Waals surface area contributed by atoms with E-state index in [0.717, 1.165) is 17.3 Å². The lowest BCUT2D eigenvalue weighted by atomic mass is 10.2. The van der Waals surface area contributed by atoms with Crippen molar-refractivity contribution in [3.63, 3.8) is 0 Å². The average molecular weight is 401 g/mol. The van der Waals surface area contributed by atoms with Crippen molar-refractivity contribution in [3.8, 4) is 11.5 Å². The number of thioether (sulfide) groups is 1. The molecule has 0 unspecified atom stereocenters. The van der Waals surface area contributed by atoms with Gasteiger partial charge in [-0.25, -0.2) is 4.39 Å². The average Bonchev–Trinajstić information content (AvgIpc) is 2.89. The highest BCUT2D eigenvalue weighted by Gasteiger charge is 2.35. The van der Waals surface area contributed by atoms with Crippen LogP contribution in [0.4, 0.5) is 9.18 Å². The van der Waals surface area contributed by atoms with E-state index in [-0.39, 0.29) is 17.0 Å². The van der Waals surface area contributed by atoms with Crippen LogP contribution in [0.5, 0.6) is 11.5 Å². The van der Waals surface area contributed by atoms with Gasteiger partial charge >= 0.3 is 0 Å². The molecule has 2 amide bonds. The minimum Gasteiger partial charge on any atom is -0.457 e. The third-order valence-corrected chi connectivity index (χ3v) is 5.00. The van der Waals surface area contributed by atoms with Crippen molar-refractivity contribution >= 4 is 29.0 Å². The van der Waals surface area contributed by atoms with Crippen LogP contribution >= 0.6 is 11.8 Å². The molecule has 1 heterocycles. The highest BCUT2D eigenvalue weighted by molar-refractivity contribution is 8.18. The Morgan fingerprint density at radius 1 is 1.00 bits per heavy atom. The van der Waals surface area contributed by atoms with Crippen LogP contribution < -0.4 is 4.74 Å². The number of hydrogen-bond donors (Lipinski definition) is 0. The number of likely N-dealkylation sites (N-methyl/N-ethyl adjacent to an activating group) is 1. The van der Waals surface area contributed by atoms with Gasteiger partial charge in [0.1, 0.15) is 17.3 Å². The number of benzene rings is 2. The number of carbonyl (C=O) groups excluding carboxylic acids is 2. The minimum absolute atomic E-state index is 0.235. The molecule has 0 aromatic heterocycles. The SMILES string of the molecule is C[N+](C)(C)CCN1C(=O)S/C(=C\c2ccc(Oc3ccc(F)cc3)cc2)C1=O. The molecule has 1 aliphatic rings. The minimum atomic E-state index is -0.321. The third kappa shape index (κ3) is 5.21. The van der Waals surface area contributed by atoms with Gasteiger partial charge in [0.05, 0.1) is 39.1 Å². The monoisotopic (exact) mass is 401 g/mol. The number of hydrogen-bond acceptors (Lipinski definition) is 4. The highest BCUT2D eigenvalue weighted by Crippen LogP contribution is 2.32. The van der Waals surface area contributed by atoms with Gasteiger partial charge in [0.2, 0.25) is 0 Å². The van der Waals surface area contributed by atoms with Crippen molar-refractivity contribution in [2.75, 3.05) is 34.2 Å². The van der Waals surface area contributed by atoms with E-state index in [1.54, 1.807) is 42.5 Å². The first-order valence-corrected chi connectivity index (χ1v) is 9.62. The number of carbonyl (C=O) groups is 2. The molecule has 0 N–H and O–H groups in total. The summed E-state index contributed by atoms with van der Waals surface area (Å²) in [6.45, 7) is 1.09. The van der Waals surface area contributed by atoms with Crippen molar-refractivity contribution < 1.29 is 23.2 Å². The van der Waals surface area contributed by atoms with Crippen molar-refractivity contribution in [3.05, 3.63) is 64.8 Å². The first-order valence-electron chi connectivity index (χ1n) is 8.81. The Labute approximate surface area is 168 Å². The van der Waals surface area contributed by atoms with E-state index in [2.05, 4.69) is 0 Å². The molecular formula is C21H22FN2O3S+. The lowest BCUT2D eigenvalue weighted by Gasteiger charge is -2.25. The molecule has 146 valence electrons. The summed E-state index contributed by atoms with van der Waals surface area (Å²) in [5, 5.41) is -0.235. The Morgan fingerprint density at radius 3 is 2.14 bits per heavy atom. The second kappa shape index (κ2) is 8.16. The van der Waals surface area contributed by atoms with Crippen LogP contribution in [0.1, 0.15) is 5.56 Å². The maximum absolute atomic E-state index is 12.9. The van der Waals surface area contributed by atoms with Crippen LogP contribution in [0.3, 0.4) is 0 Å². The predicted octanol–water partition coefficient (Wildman–Crippen LogP) is 4.36. The van der Waals surface area contributed by atoms with E-state index in [9.17, 15) is 14.0 Å². The van der Waals surface area contributed by atoms with Gasteiger partial charge in [-0.05, 0) is 59.8 Å². The standard InChI is InChI=1S/C21H22FN2O3S/c1-24(2,3)13-12-23-20(25)19(28-21(23)26)14-15-4-8-17(9-5-15)27-18-10-6-16(22)7-11-18/h4-11,14H,12-13H2,1-3H3/q+1/b19-14-. The molecule has 3 rings (SSSR count). The van der Waals surface area contributed by atoms with E-state index < -0.39 is 0 Å². The number of halogens is 1. The van der Waals surface area contributed by atoms with E-state index in [1.807, 2.05) is 21.1 Å². The van der Waals surface area contributed by atoms with E-state index in [1.165, 1.54) is 17.0 Å². The molecule has 0 aliphatic carbocycles. The lowest BCUT2D eigenvalue weighted by molar-refractivity contribution is -0.869. The Hall–Kier alpha value is -2.64. The summed E-state index contributed by atoms with van der Waals surface area (Å²) in [7, 11) is 6.06. The van der Waals surface area contributed by atoms with Gasteiger partial charge in [0.25, 0.3) is 11.1 Å². The maximum Gasteiger partial charge on any atom is 0.293 e. The van der Waals surface area contributed by atoms with Gasteiger partial charge < -0.3 is 9.22 Å². The summed E-state index contributed by atoms with van der Waals surface area (Å²) >= 11 is 0.960. The Morgan fingerprint density at radius 2 is 1.57 bits per heavy atom. The lowest BCUT2D eigenvalue weighted by Crippen LogP contribution is -2.43. The highest BCUT2D eigenvalue weighted by atomic mass is 32.2. The largest absolute Gasteiger partial charge is 0.457 e. The summed E-state index contributed by atoms with van der Waals surface area (Å²) in [6, 6.07) is 12.9. The molecule has 0 spiro atoms. The maximum atomic E-state index is 12.9. The molecule has 0 saturated carbocycles. The van der Waals surface area contributed by atoms with Crippen LogP contribution in [0.2, 0.25) is 0 Å². The van der Waals surface area contributed by atoms with E-state index in [0.29, 0.717) is 34.0 Å². The normalized spacial score (nSPS) is 16.1. The van der Waals surface area contributed by atoms with Gasteiger partial charge in [-0.2, -0.15) is 0 Å². The summed E-state index contributed by atoms with van der Waals surface area (Å²) < 4.78 is 19.3. The predicted molar refractivity (Wildman–Crippen MR) is 108 cm³/mol. The molecular weight excluding hydrogens is 379 g/mol. The first-order chi connectivity index (χ1) is 13.2. The van der Waals surface area contributed by atoms with Crippen molar-refractivity contribution in [1.82, 2.24) is 4.90 Å². The molecule has 0 bridgehead atoms. The molecule has 1 fully saturated rings. The Kier molecular flexibility index (Phi) is 5.86. The number of ether oxygens (including phenoxy) is 1. The Bertz CT molecular complexity index is 903. The zero-order valence-electron chi connectivity index (χ0n) is 16.0. The fourth-order valence-corrected chi connectivity index (χ4v) is 3.38. The summed E-state index contributed by atoms with van der Waals surface area (Å²) in [5.74, 6) is 0.556. The van der Waals surface area contributed by atoms with Crippen LogP contribution in [0.25, 0.3) is 6.08 Å². The number of nitrogens with zero attached hydrogens (tertiary/aromatic N) is 2. The molecule has 1 aliphatic heterocycles. The molecule has 0 radical (unpaired) electrons. The summed E-state index contributed by atoms with van der Waals surface area (Å²) in [4.78, 5) is 26.4. The second-order valence-electron chi connectivity index (χ2n) is 7.47. The molecule has 28 heavy (non-hydrogen) atoms. The van der Waals surface area contributed by atoms with Crippen LogP contribution in [0.15, 0.2) is 53.4 Å². The quantitative estimate of drug-likeness (QED) is 0.533. The number of imide groups is 1. The van der Waals surface area contributed by atoms with Gasteiger partial charge in [-0.3, -0.25) is 14.5 Å². The molecule has 2 aromatic carbocycles. The zero-order valence-corrected chi connectivity index (χ0v) is 16.8. The van der Waals surface area contributed by atoms with Crippen molar-refractivity contribution in [2.45, 2.75) is 0 Å². The number of quaternary nitrogens is 1. The topological polar surface area (TPSA) is 46.6 Å². The van der Waals surface area contributed by atoms with E-state index in [4.69, 9.17) is 4.74 Å². The molecule has 7 heteroatoms. The van der Waals surface area contributed by atoms with Crippen LogP contribution in [-0.4, -0.2) is 54.8 Å². The molecule has 0 atom stereocenters. The fourth-order valence-electron chi connectivity index (χ4n) is 2.51. The molecule has 2 aromatic rings. The third-order valence-electron chi connectivity index (χ3n) is 4.10. The first kappa shape index (κ1) is 20.1. The smallest absolute Gasteiger partial charge is 0.293 e. The zero-order chi connectivity index (χ0) is 20.3. The van der Waals surface area contributed by atoms with Gasteiger partial charge in [0, 0.05) is 0 Å². The van der Waals surface area contributed by atoms with Crippen LogP contribution in [0, 0.1) is 5.82 Å². The number of rotatable bonds is 6. The van der Waals surface area contributed by atoms with Crippen molar-refractivity contribution in [1.29, 1.82) is 0 Å². The van der Waals surface area contributed by atoms with Gasteiger partial charge in [-0.1, -0.05) is 12.1 Å². The van der Waals surface area contributed by atoms with Crippen molar-refractivity contribution in [2.24, 2.45) is 0 Å². The fraction of sp³-hybridized carbons (Fsp3) is 0.238. The summed E-state index contributed by atoms with van der Waals surface area (Å²) in [5.41, 5.74) is 0.795. The second-order valence-corrected chi connectivity index (χ2v) is 8.47.